The van der Waals surface area contributed by atoms with Crippen LogP contribution in [0.3, 0.4) is 0 Å². The van der Waals surface area contributed by atoms with E-state index in [0.29, 0.717) is 0 Å². The number of aliphatic imine (C=N–C) groups is 1. The summed E-state index contributed by atoms with van der Waals surface area (Å²) in [6.45, 7) is 9.49. The van der Waals surface area contributed by atoms with E-state index in [0.717, 1.165) is 58.3 Å². The maximum absolute atomic E-state index is 11.3. The highest BCUT2D eigenvalue weighted by atomic mass is 127. The second-order valence-corrected chi connectivity index (χ2v) is 5.52. The quantitative estimate of drug-likeness (QED) is 0.418. The van der Waals surface area contributed by atoms with E-state index in [4.69, 9.17) is 0 Å². The number of nitrogens with one attached hydrogen (secondary N) is 1. The number of carbonyl (C=O) groups is 1. The number of halogens is 1. The first-order valence-corrected chi connectivity index (χ1v) is 7.64. The number of amides is 1. The smallest absolute Gasteiger partial charge is 0.219 e. The van der Waals surface area contributed by atoms with Crippen LogP contribution in [0.1, 0.15) is 19.8 Å². The van der Waals surface area contributed by atoms with Crippen LogP contribution in [0, 0.1) is 0 Å². The third-order valence-corrected chi connectivity index (χ3v) is 4.15. The summed E-state index contributed by atoms with van der Waals surface area (Å²) in [6, 6.07) is 0. The van der Waals surface area contributed by atoms with Gasteiger partial charge >= 0.3 is 0 Å². The summed E-state index contributed by atoms with van der Waals surface area (Å²) in [5, 5.41) is 3.45. The van der Waals surface area contributed by atoms with Gasteiger partial charge < -0.3 is 15.1 Å². The van der Waals surface area contributed by atoms with Gasteiger partial charge in [0.1, 0.15) is 0 Å². The Labute approximate surface area is 145 Å². The highest BCUT2D eigenvalue weighted by molar-refractivity contribution is 14.0. The maximum Gasteiger partial charge on any atom is 0.219 e. The van der Waals surface area contributed by atoms with Crippen LogP contribution in [0.15, 0.2) is 4.99 Å². The van der Waals surface area contributed by atoms with Crippen LogP contribution < -0.4 is 5.32 Å². The molecule has 1 amide bonds. The standard InChI is InChI=1S/C14H27N5O.HI/c1-13(20)18-11-9-17(10-12-18)8-5-16-14(15-2)19-6-3-4-7-19;/h3-12H2,1-2H3,(H,15,16);1H. The molecule has 2 aliphatic heterocycles. The molecule has 0 spiro atoms. The van der Waals surface area contributed by atoms with E-state index >= 15 is 0 Å². The molecule has 0 bridgehead atoms. The summed E-state index contributed by atoms with van der Waals surface area (Å²) in [5.74, 6) is 1.22. The van der Waals surface area contributed by atoms with E-state index in [1.807, 2.05) is 11.9 Å². The molecule has 0 unspecified atom stereocenters. The summed E-state index contributed by atoms with van der Waals surface area (Å²) in [7, 11) is 1.85. The third-order valence-electron chi connectivity index (χ3n) is 4.15. The molecule has 0 saturated carbocycles. The molecule has 0 aliphatic carbocycles. The number of likely N-dealkylation sites (tertiary alicyclic amines) is 1. The summed E-state index contributed by atoms with van der Waals surface area (Å²) in [5.41, 5.74) is 0. The number of carbonyl (C=O) groups excluding carboxylic acids is 1. The van der Waals surface area contributed by atoms with E-state index < -0.39 is 0 Å². The van der Waals surface area contributed by atoms with Crippen molar-refractivity contribution >= 4 is 35.8 Å². The highest BCUT2D eigenvalue weighted by Gasteiger charge is 2.19. The highest BCUT2D eigenvalue weighted by Crippen LogP contribution is 2.07. The Hall–Kier alpha value is -0.570. The fourth-order valence-electron chi connectivity index (χ4n) is 2.87. The van der Waals surface area contributed by atoms with Crippen molar-refractivity contribution < 1.29 is 4.79 Å². The van der Waals surface area contributed by atoms with Gasteiger partial charge in [0, 0.05) is 66.3 Å². The topological polar surface area (TPSA) is 51.2 Å². The van der Waals surface area contributed by atoms with Crippen molar-refractivity contribution in [3.05, 3.63) is 0 Å². The average molecular weight is 409 g/mol. The molecule has 2 heterocycles. The predicted octanol–water partition coefficient (Wildman–Crippen LogP) is 0.440. The zero-order chi connectivity index (χ0) is 14.4. The molecule has 0 atom stereocenters. The Bertz CT molecular complexity index is 349. The molecule has 2 rings (SSSR count). The molecule has 0 aromatic heterocycles. The Morgan fingerprint density at radius 2 is 1.67 bits per heavy atom. The first-order chi connectivity index (χ1) is 9.70. The number of piperazine rings is 1. The van der Waals surface area contributed by atoms with Crippen LogP contribution in [0.5, 0.6) is 0 Å². The van der Waals surface area contributed by atoms with Crippen molar-refractivity contribution in [2.75, 3.05) is 59.4 Å². The Balaban J connectivity index is 0.00000220. The second kappa shape index (κ2) is 9.45. The largest absolute Gasteiger partial charge is 0.355 e. The first-order valence-electron chi connectivity index (χ1n) is 7.64. The Morgan fingerprint density at radius 3 is 2.19 bits per heavy atom. The number of nitrogens with zero attached hydrogens (tertiary/aromatic N) is 4. The lowest BCUT2D eigenvalue weighted by Gasteiger charge is -2.34. The van der Waals surface area contributed by atoms with Gasteiger partial charge in [-0.25, -0.2) is 0 Å². The van der Waals surface area contributed by atoms with Gasteiger partial charge in [-0.2, -0.15) is 0 Å². The Morgan fingerprint density at radius 1 is 1.05 bits per heavy atom. The SMILES string of the molecule is CN=C(NCCN1CCN(C(C)=O)CC1)N1CCCC1.I. The summed E-state index contributed by atoms with van der Waals surface area (Å²) < 4.78 is 0. The van der Waals surface area contributed by atoms with E-state index in [1.165, 1.54) is 12.8 Å². The minimum absolute atomic E-state index is 0. The molecule has 0 aromatic carbocycles. The minimum atomic E-state index is 0. The van der Waals surface area contributed by atoms with Gasteiger partial charge in [-0.1, -0.05) is 0 Å². The van der Waals surface area contributed by atoms with Gasteiger partial charge in [0.15, 0.2) is 5.96 Å². The number of hydrogen-bond acceptors (Lipinski definition) is 3. The van der Waals surface area contributed by atoms with Crippen molar-refractivity contribution in [2.45, 2.75) is 19.8 Å². The minimum Gasteiger partial charge on any atom is -0.355 e. The van der Waals surface area contributed by atoms with E-state index in [-0.39, 0.29) is 29.9 Å². The second-order valence-electron chi connectivity index (χ2n) is 5.52. The molecule has 1 N–H and O–H groups in total. The lowest BCUT2D eigenvalue weighted by molar-refractivity contribution is -0.130. The molecule has 2 saturated heterocycles. The molecule has 7 heteroatoms. The molecule has 2 aliphatic rings. The summed E-state index contributed by atoms with van der Waals surface area (Å²) in [4.78, 5) is 22.3. The van der Waals surface area contributed by atoms with E-state index in [1.54, 1.807) is 6.92 Å². The summed E-state index contributed by atoms with van der Waals surface area (Å²) in [6.07, 6.45) is 2.54. The van der Waals surface area contributed by atoms with Crippen molar-refractivity contribution in [3.8, 4) is 0 Å². The van der Waals surface area contributed by atoms with Crippen LogP contribution in [0.25, 0.3) is 0 Å². The first kappa shape index (κ1) is 18.5. The average Bonchev–Trinajstić information content (AvgIpc) is 2.98. The van der Waals surface area contributed by atoms with Crippen LogP contribution in [0.4, 0.5) is 0 Å². The normalized spacial score (nSPS) is 20.4. The van der Waals surface area contributed by atoms with Crippen molar-refractivity contribution in [1.82, 2.24) is 20.0 Å². The van der Waals surface area contributed by atoms with Gasteiger partial charge in [0.25, 0.3) is 0 Å². The fourth-order valence-corrected chi connectivity index (χ4v) is 2.87. The molecular formula is C14H28IN5O. The lowest BCUT2D eigenvalue weighted by Crippen LogP contribution is -2.50. The number of guanidine groups is 1. The predicted molar refractivity (Wildman–Crippen MR) is 96.3 cm³/mol. The molecule has 21 heavy (non-hydrogen) atoms. The van der Waals surface area contributed by atoms with Gasteiger partial charge in [-0.15, -0.1) is 24.0 Å². The molecule has 0 radical (unpaired) electrons. The monoisotopic (exact) mass is 409 g/mol. The summed E-state index contributed by atoms with van der Waals surface area (Å²) >= 11 is 0. The van der Waals surface area contributed by atoms with Gasteiger partial charge in [-0.3, -0.25) is 14.7 Å². The molecular weight excluding hydrogens is 381 g/mol. The lowest BCUT2D eigenvalue weighted by atomic mass is 10.3. The third kappa shape index (κ3) is 5.61. The van der Waals surface area contributed by atoms with E-state index in [9.17, 15) is 4.79 Å². The molecule has 0 aromatic rings. The van der Waals surface area contributed by atoms with E-state index in [2.05, 4.69) is 20.1 Å². The van der Waals surface area contributed by atoms with Gasteiger partial charge in [0.05, 0.1) is 0 Å². The maximum atomic E-state index is 11.3. The zero-order valence-corrected chi connectivity index (χ0v) is 15.5. The van der Waals surface area contributed by atoms with Gasteiger partial charge in [0.2, 0.25) is 5.91 Å². The van der Waals surface area contributed by atoms with Crippen molar-refractivity contribution in [3.63, 3.8) is 0 Å². The number of rotatable bonds is 3. The van der Waals surface area contributed by atoms with Crippen molar-refractivity contribution in [2.24, 2.45) is 4.99 Å². The van der Waals surface area contributed by atoms with Crippen LogP contribution >= 0.6 is 24.0 Å². The molecule has 2 fully saturated rings. The molecule has 6 nitrogen and oxygen atoms in total. The Kier molecular flexibility index (Phi) is 8.31. The zero-order valence-electron chi connectivity index (χ0n) is 13.2. The fraction of sp³-hybridized carbons (Fsp3) is 0.857. The number of hydrogen-bond donors (Lipinski definition) is 1. The van der Waals surface area contributed by atoms with Crippen LogP contribution in [0.2, 0.25) is 0 Å². The van der Waals surface area contributed by atoms with Gasteiger partial charge in [-0.05, 0) is 12.8 Å². The van der Waals surface area contributed by atoms with Crippen LogP contribution in [-0.2, 0) is 4.79 Å². The van der Waals surface area contributed by atoms with Crippen molar-refractivity contribution in [1.29, 1.82) is 0 Å². The molecule has 122 valence electrons. The van der Waals surface area contributed by atoms with Crippen LogP contribution in [-0.4, -0.2) is 86.0 Å².